The monoisotopic (exact) mass is 497 g/mol. The Morgan fingerprint density at radius 1 is 1.06 bits per heavy atom. The summed E-state index contributed by atoms with van der Waals surface area (Å²) in [4.78, 5) is 7.26. The van der Waals surface area contributed by atoms with Gasteiger partial charge in [-0.1, -0.05) is 35.9 Å². The summed E-state index contributed by atoms with van der Waals surface area (Å²) in [7, 11) is -2.07. The Kier molecular flexibility index (Phi) is 5.97. The molecule has 5 rings (SSSR count). The highest BCUT2D eigenvalue weighted by Gasteiger charge is 2.36. The number of ether oxygens (including phenoxy) is 2. The van der Waals surface area contributed by atoms with Gasteiger partial charge in [0.2, 0.25) is 10.0 Å². The molecule has 34 heavy (non-hydrogen) atoms. The average molecular weight is 498 g/mol. The Bertz CT molecular complexity index is 1380. The fraction of sp³-hybridized carbons (Fsp3) is 0.240. The minimum Gasteiger partial charge on any atom is -0.493 e. The summed E-state index contributed by atoms with van der Waals surface area (Å²) in [5.41, 5.74) is 1.51. The van der Waals surface area contributed by atoms with Crippen LogP contribution in [0.15, 0.2) is 76.6 Å². The van der Waals surface area contributed by atoms with E-state index in [4.69, 9.17) is 26.1 Å². The Hall–Kier alpha value is -3.07. The average Bonchev–Trinajstić information content (AvgIpc) is 3.00. The second-order valence-electron chi connectivity index (χ2n) is 8.21. The number of hydrogen-bond donors (Lipinski definition) is 0. The first-order valence-corrected chi connectivity index (χ1v) is 12.8. The Labute approximate surface area is 204 Å². The van der Waals surface area contributed by atoms with Crippen LogP contribution in [0.2, 0.25) is 5.02 Å². The lowest BCUT2D eigenvalue weighted by molar-refractivity contribution is 0.205. The molecular formula is C25H24ClN3O4S. The van der Waals surface area contributed by atoms with Gasteiger partial charge >= 0.3 is 0 Å². The molecule has 0 N–H and O–H groups in total. The first-order valence-electron chi connectivity index (χ1n) is 10.9. The molecule has 0 saturated carbocycles. The van der Waals surface area contributed by atoms with Crippen LogP contribution in [-0.2, 0) is 10.0 Å². The second-order valence-corrected chi connectivity index (χ2v) is 10.5. The number of piperazine rings is 1. The minimum absolute atomic E-state index is 0.199. The van der Waals surface area contributed by atoms with E-state index >= 15 is 0 Å². The van der Waals surface area contributed by atoms with Gasteiger partial charge < -0.3 is 14.4 Å². The number of aliphatic imine (C=N–C) groups is 1. The van der Waals surface area contributed by atoms with Crippen molar-refractivity contribution in [2.75, 3.05) is 26.7 Å². The van der Waals surface area contributed by atoms with Crippen LogP contribution >= 0.6 is 11.6 Å². The van der Waals surface area contributed by atoms with E-state index in [9.17, 15) is 8.42 Å². The van der Waals surface area contributed by atoms with Crippen molar-refractivity contribution in [3.05, 3.63) is 77.3 Å². The maximum Gasteiger partial charge on any atom is 0.243 e. The summed E-state index contributed by atoms with van der Waals surface area (Å²) >= 11 is 6.05. The van der Waals surface area contributed by atoms with Crippen LogP contribution < -0.4 is 9.47 Å². The zero-order valence-electron chi connectivity index (χ0n) is 18.8. The maximum absolute atomic E-state index is 13.3. The first kappa shape index (κ1) is 22.7. The van der Waals surface area contributed by atoms with Gasteiger partial charge in [-0.05, 0) is 49.4 Å². The molecule has 3 aromatic rings. The van der Waals surface area contributed by atoms with Gasteiger partial charge in [-0.15, -0.1) is 0 Å². The third kappa shape index (κ3) is 4.02. The molecular weight excluding hydrogens is 474 g/mol. The lowest BCUT2D eigenvalue weighted by Crippen LogP contribution is -2.55. The van der Waals surface area contributed by atoms with Crippen LogP contribution in [0.4, 0.5) is 5.69 Å². The fourth-order valence-electron chi connectivity index (χ4n) is 4.37. The van der Waals surface area contributed by atoms with E-state index in [1.807, 2.05) is 49.4 Å². The number of para-hydroxylation sites is 3. The number of hydrogen-bond acceptors (Lipinski definition) is 6. The van der Waals surface area contributed by atoms with Crippen LogP contribution in [0.3, 0.4) is 0 Å². The van der Waals surface area contributed by atoms with Crippen LogP contribution in [0.25, 0.3) is 0 Å². The molecule has 2 aliphatic heterocycles. The molecule has 176 valence electrons. The minimum atomic E-state index is -3.68. The van der Waals surface area contributed by atoms with Crippen LogP contribution in [0, 0.1) is 0 Å². The van der Waals surface area contributed by atoms with Crippen LogP contribution in [-0.4, -0.2) is 56.2 Å². The molecule has 2 heterocycles. The van der Waals surface area contributed by atoms with Crippen molar-refractivity contribution in [1.82, 2.24) is 9.21 Å². The summed E-state index contributed by atoms with van der Waals surface area (Å²) in [6.07, 6.45) is 0. The number of halogens is 1. The topological polar surface area (TPSA) is 71.4 Å². The fourth-order valence-corrected chi connectivity index (χ4v) is 6.29. The summed E-state index contributed by atoms with van der Waals surface area (Å²) in [6.45, 7) is 3.17. The normalized spacial score (nSPS) is 18.3. The molecule has 1 saturated heterocycles. The van der Waals surface area contributed by atoms with Crippen LogP contribution in [0.5, 0.6) is 17.2 Å². The lowest BCUT2D eigenvalue weighted by Gasteiger charge is -2.40. The molecule has 0 radical (unpaired) electrons. The van der Waals surface area contributed by atoms with E-state index in [-0.39, 0.29) is 10.9 Å². The summed E-state index contributed by atoms with van der Waals surface area (Å²) in [5, 5.41) is 0.393. The van der Waals surface area contributed by atoms with Crippen molar-refractivity contribution >= 4 is 33.1 Å². The predicted octanol–water partition coefficient (Wildman–Crippen LogP) is 4.93. The number of rotatable bonds is 3. The largest absolute Gasteiger partial charge is 0.493 e. The standard InChI is InChI=1S/C25H24ClN3O4S/c1-17-16-28(13-14-29(17)34(30,31)19-8-5-7-18(26)15-19)25-20-9-6-12-23(32-2)24(20)33-22-11-4-3-10-21(22)27-25/h3-12,15,17H,13-14,16H2,1-2H3. The molecule has 0 aromatic heterocycles. The number of methoxy groups -OCH3 is 1. The number of fused-ring (bicyclic) bond motifs is 2. The van der Waals surface area contributed by atoms with E-state index in [1.165, 1.54) is 10.4 Å². The van der Waals surface area contributed by atoms with Crippen molar-refractivity contribution in [3.8, 4) is 17.2 Å². The van der Waals surface area contributed by atoms with Gasteiger partial charge in [-0.25, -0.2) is 13.4 Å². The zero-order chi connectivity index (χ0) is 23.9. The number of sulfonamides is 1. The van der Waals surface area contributed by atoms with E-state index in [0.717, 1.165) is 11.4 Å². The van der Waals surface area contributed by atoms with Crippen molar-refractivity contribution in [1.29, 1.82) is 0 Å². The highest BCUT2D eigenvalue weighted by atomic mass is 35.5. The Morgan fingerprint density at radius 2 is 1.85 bits per heavy atom. The molecule has 2 aliphatic rings. The second kappa shape index (κ2) is 8.94. The smallest absolute Gasteiger partial charge is 0.243 e. The van der Waals surface area contributed by atoms with Gasteiger partial charge in [0.25, 0.3) is 0 Å². The van der Waals surface area contributed by atoms with Crippen molar-refractivity contribution in [2.45, 2.75) is 17.9 Å². The molecule has 3 aromatic carbocycles. The molecule has 7 nitrogen and oxygen atoms in total. The van der Waals surface area contributed by atoms with E-state index in [2.05, 4.69) is 4.90 Å². The highest BCUT2D eigenvalue weighted by Crippen LogP contribution is 2.43. The molecule has 0 bridgehead atoms. The van der Waals surface area contributed by atoms with E-state index in [1.54, 1.807) is 25.3 Å². The lowest BCUT2D eigenvalue weighted by atomic mass is 10.1. The Morgan fingerprint density at radius 3 is 2.62 bits per heavy atom. The first-order chi connectivity index (χ1) is 16.4. The highest BCUT2D eigenvalue weighted by molar-refractivity contribution is 7.89. The van der Waals surface area contributed by atoms with Crippen LogP contribution in [0.1, 0.15) is 12.5 Å². The molecule has 0 aliphatic carbocycles. The van der Waals surface area contributed by atoms with Gasteiger partial charge in [0.1, 0.15) is 11.5 Å². The number of benzene rings is 3. The molecule has 1 unspecified atom stereocenters. The quantitative estimate of drug-likeness (QED) is 0.513. The molecule has 1 fully saturated rings. The predicted molar refractivity (Wildman–Crippen MR) is 132 cm³/mol. The SMILES string of the molecule is COc1cccc2c1Oc1ccccc1N=C2N1CCN(S(=O)(=O)c2cccc(Cl)c2)C(C)C1. The molecule has 0 spiro atoms. The van der Waals surface area contributed by atoms with Crippen molar-refractivity contribution in [3.63, 3.8) is 0 Å². The summed E-state index contributed by atoms with van der Waals surface area (Å²) in [6, 6.07) is 19.4. The van der Waals surface area contributed by atoms with E-state index in [0.29, 0.717) is 47.6 Å². The van der Waals surface area contributed by atoms with Gasteiger partial charge in [0, 0.05) is 30.7 Å². The van der Waals surface area contributed by atoms with Gasteiger partial charge in [0.05, 0.1) is 17.6 Å². The molecule has 9 heteroatoms. The number of nitrogens with zero attached hydrogens (tertiary/aromatic N) is 3. The zero-order valence-corrected chi connectivity index (χ0v) is 20.4. The van der Waals surface area contributed by atoms with Gasteiger partial charge in [0.15, 0.2) is 17.2 Å². The summed E-state index contributed by atoms with van der Waals surface area (Å²) < 4.78 is 40.0. The Balaban J connectivity index is 1.50. The third-order valence-electron chi connectivity index (χ3n) is 6.01. The molecule has 0 amide bonds. The van der Waals surface area contributed by atoms with E-state index < -0.39 is 10.0 Å². The third-order valence-corrected chi connectivity index (χ3v) is 8.26. The van der Waals surface area contributed by atoms with Crippen molar-refractivity contribution in [2.24, 2.45) is 4.99 Å². The molecule has 1 atom stereocenters. The van der Waals surface area contributed by atoms with Gasteiger partial charge in [-0.3, -0.25) is 0 Å². The number of amidine groups is 1. The maximum atomic E-state index is 13.3. The summed E-state index contributed by atoms with van der Waals surface area (Å²) in [5.74, 6) is 2.57. The van der Waals surface area contributed by atoms with Crippen molar-refractivity contribution < 1.29 is 17.9 Å². The van der Waals surface area contributed by atoms with Gasteiger partial charge in [-0.2, -0.15) is 4.31 Å².